The number of hydrogen-bond acceptors (Lipinski definition) is 6. The Bertz CT molecular complexity index is 1130. The van der Waals surface area contributed by atoms with Crippen LogP contribution in [-0.2, 0) is 11.3 Å². The number of aromatic amines is 1. The summed E-state index contributed by atoms with van der Waals surface area (Å²) in [7, 11) is 0. The van der Waals surface area contributed by atoms with Gasteiger partial charge in [0.05, 0.1) is 12.2 Å². The van der Waals surface area contributed by atoms with Crippen LogP contribution in [0.4, 0.5) is 4.79 Å². The van der Waals surface area contributed by atoms with Crippen molar-refractivity contribution in [1.82, 2.24) is 29.4 Å². The van der Waals surface area contributed by atoms with Crippen LogP contribution >= 0.6 is 0 Å². The normalized spacial score (nSPS) is 19.8. The van der Waals surface area contributed by atoms with Crippen LogP contribution in [0.25, 0.3) is 5.78 Å². The summed E-state index contributed by atoms with van der Waals surface area (Å²) in [5.41, 5.74) is 1.35. The number of benzene rings is 1. The number of aromatic nitrogens is 4. The van der Waals surface area contributed by atoms with Crippen LogP contribution in [0.2, 0.25) is 0 Å². The minimum Gasteiger partial charge on any atom is -0.441 e. The highest BCUT2D eigenvalue weighted by Crippen LogP contribution is 2.34. The van der Waals surface area contributed by atoms with E-state index < -0.39 is 5.60 Å². The lowest BCUT2D eigenvalue weighted by Crippen LogP contribution is -2.46. The molecule has 0 saturated carbocycles. The van der Waals surface area contributed by atoms with Crippen LogP contribution in [0, 0.1) is 0 Å². The molecule has 9 heteroatoms. The fraction of sp³-hybridized carbons (Fsp3) is 0.455. The Kier molecular flexibility index (Phi) is 4.97. The van der Waals surface area contributed by atoms with Gasteiger partial charge in [-0.3, -0.25) is 14.8 Å². The molecule has 4 heterocycles. The molecule has 9 nitrogen and oxygen atoms in total. The maximum Gasteiger partial charge on any atom is 0.410 e. The summed E-state index contributed by atoms with van der Waals surface area (Å²) in [5, 5.41) is 2.75. The Hall–Kier alpha value is -3.20. The Morgan fingerprint density at radius 2 is 1.97 bits per heavy atom. The third-order valence-corrected chi connectivity index (χ3v) is 6.38. The van der Waals surface area contributed by atoms with E-state index in [0.29, 0.717) is 31.1 Å². The Labute approximate surface area is 179 Å². The van der Waals surface area contributed by atoms with Crippen LogP contribution in [-0.4, -0.2) is 67.3 Å². The minimum absolute atomic E-state index is 0.168. The van der Waals surface area contributed by atoms with E-state index in [1.54, 1.807) is 0 Å². The molecule has 5 rings (SSSR count). The average molecular weight is 422 g/mol. The standard InChI is InChI=1S/C22H26N6O3/c1-16(17-5-3-2-4-6-17)12-27-14-22(31-21(27)30)7-9-26(10-8-22)13-18-11-19(29)28-20(25-18)23-15-24-28/h2-6,11,15-16H,7-10,12-14H2,1H3,(H,23,24,25)/t16-/m0/s1. The van der Waals surface area contributed by atoms with Crippen LogP contribution in [0.3, 0.4) is 0 Å². The number of nitrogens with one attached hydrogen (secondary N) is 1. The molecule has 31 heavy (non-hydrogen) atoms. The van der Waals surface area contributed by atoms with E-state index in [9.17, 15) is 9.59 Å². The molecule has 162 valence electrons. The summed E-state index contributed by atoms with van der Waals surface area (Å²) in [4.78, 5) is 37.3. The second kappa shape index (κ2) is 7.81. The zero-order valence-corrected chi connectivity index (χ0v) is 17.5. The molecule has 1 atom stereocenters. The smallest absolute Gasteiger partial charge is 0.410 e. The van der Waals surface area contributed by atoms with E-state index in [0.717, 1.165) is 25.9 Å². The molecule has 2 saturated heterocycles. The second-order valence-electron chi connectivity index (χ2n) is 8.63. The summed E-state index contributed by atoms with van der Waals surface area (Å²) in [6.45, 7) is 5.59. The highest BCUT2D eigenvalue weighted by molar-refractivity contribution is 5.71. The number of H-pyrrole nitrogens is 1. The monoisotopic (exact) mass is 422 g/mol. The lowest BCUT2D eigenvalue weighted by molar-refractivity contribution is -0.00151. The number of carbonyl (C=O) groups is 1. The van der Waals surface area contributed by atoms with Crippen LogP contribution in [0.1, 0.15) is 36.9 Å². The van der Waals surface area contributed by atoms with Gasteiger partial charge in [0.25, 0.3) is 11.3 Å². The van der Waals surface area contributed by atoms with Crippen molar-refractivity contribution < 1.29 is 9.53 Å². The highest BCUT2D eigenvalue weighted by atomic mass is 16.6. The zero-order valence-electron chi connectivity index (χ0n) is 17.5. The molecule has 2 fully saturated rings. The molecule has 0 bridgehead atoms. The number of ether oxygens (including phenoxy) is 1. The summed E-state index contributed by atoms with van der Waals surface area (Å²) < 4.78 is 7.20. The molecular weight excluding hydrogens is 396 g/mol. The lowest BCUT2D eigenvalue weighted by Gasteiger charge is -2.37. The molecule has 0 unspecified atom stereocenters. The molecule has 1 N–H and O–H groups in total. The number of fused-ring (bicyclic) bond motifs is 1. The van der Waals surface area contributed by atoms with Crippen molar-refractivity contribution in [3.05, 3.63) is 64.3 Å². The molecule has 2 aliphatic heterocycles. The van der Waals surface area contributed by atoms with E-state index in [-0.39, 0.29) is 17.6 Å². The number of carbonyl (C=O) groups excluding carboxylic acids is 1. The van der Waals surface area contributed by atoms with E-state index in [1.165, 1.54) is 22.5 Å². The van der Waals surface area contributed by atoms with Gasteiger partial charge in [0, 0.05) is 45.1 Å². The Morgan fingerprint density at radius 1 is 1.19 bits per heavy atom. The van der Waals surface area contributed by atoms with Crippen molar-refractivity contribution in [3.8, 4) is 0 Å². The third-order valence-electron chi connectivity index (χ3n) is 6.38. The van der Waals surface area contributed by atoms with Crippen molar-refractivity contribution in [2.75, 3.05) is 26.2 Å². The van der Waals surface area contributed by atoms with Gasteiger partial charge >= 0.3 is 6.09 Å². The molecule has 3 aromatic rings. The van der Waals surface area contributed by atoms with Gasteiger partial charge in [-0.2, -0.15) is 4.52 Å². The van der Waals surface area contributed by atoms with Crippen molar-refractivity contribution in [2.45, 2.75) is 37.8 Å². The van der Waals surface area contributed by atoms with Gasteiger partial charge in [0.2, 0.25) is 0 Å². The molecule has 1 amide bonds. The number of nitrogens with zero attached hydrogens (tertiary/aromatic N) is 5. The largest absolute Gasteiger partial charge is 0.441 e. The zero-order chi connectivity index (χ0) is 21.4. The quantitative estimate of drug-likeness (QED) is 0.676. The molecule has 1 aromatic carbocycles. The van der Waals surface area contributed by atoms with Crippen LogP contribution in [0.5, 0.6) is 0 Å². The van der Waals surface area contributed by atoms with E-state index in [1.807, 2.05) is 23.1 Å². The first-order valence-electron chi connectivity index (χ1n) is 10.7. The van der Waals surface area contributed by atoms with Gasteiger partial charge in [-0.25, -0.2) is 14.8 Å². The first-order valence-corrected chi connectivity index (χ1v) is 10.7. The SMILES string of the molecule is C[C@@H](CN1CC2(CCN(Cc3cc(=O)n4[nH]cnc4n3)CC2)OC1=O)c1ccccc1. The predicted octanol–water partition coefficient (Wildman–Crippen LogP) is 2.01. The fourth-order valence-electron chi connectivity index (χ4n) is 4.61. The fourth-order valence-corrected chi connectivity index (χ4v) is 4.61. The Morgan fingerprint density at radius 3 is 2.74 bits per heavy atom. The first kappa shape index (κ1) is 19.7. The van der Waals surface area contributed by atoms with Gasteiger partial charge in [-0.1, -0.05) is 37.3 Å². The van der Waals surface area contributed by atoms with E-state index >= 15 is 0 Å². The number of rotatable bonds is 5. The number of amides is 1. The third kappa shape index (κ3) is 3.93. The van der Waals surface area contributed by atoms with Gasteiger partial charge in [-0.05, 0) is 11.5 Å². The molecule has 2 aliphatic rings. The number of likely N-dealkylation sites (tertiary alicyclic amines) is 1. The van der Waals surface area contributed by atoms with Crippen LogP contribution in [0.15, 0.2) is 47.5 Å². The van der Waals surface area contributed by atoms with Crippen molar-refractivity contribution >= 4 is 11.9 Å². The summed E-state index contributed by atoms with van der Waals surface area (Å²) in [6, 6.07) is 11.8. The molecule has 2 aromatic heterocycles. The lowest BCUT2D eigenvalue weighted by atomic mass is 9.91. The van der Waals surface area contributed by atoms with Gasteiger partial charge in [0.1, 0.15) is 11.9 Å². The summed E-state index contributed by atoms with van der Waals surface area (Å²) in [5.74, 6) is 0.634. The van der Waals surface area contributed by atoms with Crippen molar-refractivity contribution in [1.29, 1.82) is 0 Å². The molecule has 0 aliphatic carbocycles. The summed E-state index contributed by atoms with van der Waals surface area (Å²) in [6.07, 6.45) is 2.80. The van der Waals surface area contributed by atoms with E-state index in [4.69, 9.17) is 4.74 Å². The predicted molar refractivity (Wildman–Crippen MR) is 114 cm³/mol. The minimum atomic E-state index is -0.414. The van der Waals surface area contributed by atoms with Crippen LogP contribution < -0.4 is 5.56 Å². The maximum absolute atomic E-state index is 12.6. The van der Waals surface area contributed by atoms with Gasteiger partial charge in [0.15, 0.2) is 0 Å². The molecular formula is C22H26N6O3. The van der Waals surface area contributed by atoms with Crippen molar-refractivity contribution in [3.63, 3.8) is 0 Å². The highest BCUT2D eigenvalue weighted by Gasteiger charge is 2.47. The average Bonchev–Trinajstić information content (AvgIpc) is 3.36. The number of piperidine rings is 1. The molecule has 0 radical (unpaired) electrons. The van der Waals surface area contributed by atoms with Gasteiger partial charge < -0.3 is 9.64 Å². The van der Waals surface area contributed by atoms with Crippen molar-refractivity contribution in [2.24, 2.45) is 0 Å². The van der Waals surface area contributed by atoms with Gasteiger partial charge in [-0.15, -0.1) is 0 Å². The number of hydrogen-bond donors (Lipinski definition) is 1. The Balaban J connectivity index is 1.19. The first-order chi connectivity index (χ1) is 15.0. The topological polar surface area (TPSA) is 95.8 Å². The second-order valence-corrected chi connectivity index (χ2v) is 8.63. The summed E-state index contributed by atoms with van der Waals surface area (Å²) >= 11 is 0. The van der Waals surface area contributed by atoms with E-state index in [2.05, 4.69) is 39.0 Å². The maximum atomic E-state index is 12.6. The molecule has 1 spiro atoms.